The van der Waals surface area contributed by atoms with E-state index >= 15 is 0 Å². The number of nitrogens with zero attached hydrogens (tertiary/aromatic N) is 3. The van der Waals surface area contributed by atoms with E-state index in [2.05, 4.69) is 37.5 Å². The molecule has 0 radical (unpaired) electrons. The number of unbranched alkanes of at least 4 members (excludes halogenated alkanes) is 9. The van der Waals surface area contributed by atoms with Crippen LogP contribution in [0.2, 0.25) is 0 Å². The number of fused-ring (bicyclic) bond motifs is 5. The second-order valence-electron chi connectivity index (χ2n) is 18.2. The van der Waals surface area contributed by atoms with E-state index in [1.165, 1.54) is 6.42 Å². The molecule has 0 aromatic carbocycles. The summed E-state index contributed by atoms with van der Waals surface area (Å²) in [5.74, 6) is 0.372. The predicted octanol–water partition coefficient (Wildman–Crippen LogP) is 6.26. The molecule has 6 heterocycles. The number of amides is 1. The van der Waals surface area contributed by atoms with Crippen molar-refractivity contribution in [2.75, 3.05) is 26.4 Å². The van der Waals surface area contributed by atoms with Crippen molar-refractivity contribution in [3.05, 3.63) is 91.5 Å². The van der Waals surface area contributed by atoms with Gasteiger partial charge in [0.25, 0.3) is 0 Å². The highest BCUT2D eigenvalue weighted by Gasteiger charge is 2.44. The van der Waals surface area contributed by atoms with Crippen LogP contribution < -0.4 is 10.6 Å². The van der Waals surface area contributed by atoms with E-state index in [-0.39, 0.29) is 24.3 Å². The molecule has 0 saturated carbocycles. The number of rotatable bonds is 20. The Kier molecular flexibility index (Phi) is 15.9. The van der Waals surface area contributed by atoms with Crippen molar-refractivity contribution in [2.24, 2.45) is 26.8 Å². The van der Waals surface area contributed by atoms with Gasteiger partial charge in [-0.15, -0.1) is 0 Å². The lowest BCUT2D eigenvalue weighted by molar-refractivity contribution is -0.301. The first-order valence-electron chi connectivity index (χ1n) is 23.6. The van der Waals surface area contributed by atoms with Gasteiger partial charge in [-0.25, -0.2) is 15.0 Å². The first-order valence-corrected chi connectivity index (χ1v) is 23.6. The van der Waals surface area contributed by atoms with E-state index in [0.29, 0.717) is 43.9 Å². The summed E-state index contributed by atoms with van der Waals surface area (Å²) in [5.41, 5.74) is 13.3. The molecule has 348 valence electrons. The van der Waals surface area contributed by atoms with Crippen LogP contribution >= 0.6 is 0 Å². The van der Waals surface area contributed by atoms with Gasteiger partial charge < -0.3 is 50.7 Å². The molecule has 0 unspecified atom stereocenters. The number of ether oxygens (including phenoxy) is 2. The Labute approximate surface area is 377 Å². The zero-order valence-electron chi connectivity index (χ0n) is 38.3. The largest absolute Gasteiger partial charge is 0.511 e. The van der Waals surface area contributed by atoms with Crippen LogP contribution in [-0.4, -0.2) is 111 Å². The van der Waals surface area contributed by atoms with Gasteiger partial charge in [-0.2, -0.15) is 0 Å². The third-order valence-corrected chi connectivity index (χ3v) is 14.0. The fourth-order valence-corrected chi connectivity index (χ4v) is 10.0. The molecule has 0 spiro atoms. The van der Waals surface area contributed by atoms with Gasteiger partial charge in [0.1, 0.15) is 30.2 Å². The van der Waals surface area contributed by atoms with E-state index in [0.717, 1.165) is 143 Å². The molecule has 14 heteroatoms. The van der Waals surface area contributed by atoms with Crippen molar-refractivity contribution >= 4 is 23.0 Å². The van der Waals surface area contributed by atoms with E-state index < -0.39 is 37.3 Å². The summed E-state index contributed by atoms with van der Waals surface area (Å²) in [6, 6.07) is 0. The standard InChI is InChI=1S/C50H69N5O9/c1-6-31-27(2)36-23-40-34(25-56)29(4)35(53-40)22-37-28(3)32(45(54-37)33-21-41(58)44-30(5)38(55-46(33)44)24-39(31)52-36)17-18-43(59)51-19-15-13-11-9-7-8-10-12-14-16-20-63-50-49(62)48(61)47(60)42(26-57)64-50/h22-24,28,32,42,47-50,54,56-58,60-62H,6-21,25-26H2,1-5H3,(H,51,59)/t28-,32-,42+,47-,48-,49+,50+/m0/s1. The van der Waals surface area contributed by atoms with Crippen LogP contribution in [0.4, 0.5) is 0 Å². The average Bonchev–Trinajstić information content (AvgIpc) is 4.04. The Morgan fingerprint density at radius 2 is 1.47 bits per heavy atom. The Bertz CT molecular complexity index is 2180. The lowest BCUT2D eigenvalue weighted by atomic mass is 9.86. The Morgan fingerprint density at radius 1 is 0.828 bits per heavy atom. The number of aliphatic hydroxyl groups excluding tert-OH is 6. The van der Waals surface area contributed by atoms with Crippen LogP contribution in [0, 0.1) is 11.8 Å². The molecule has 7 aliphatic rings. The summed E-state index contributed by atoms with van der Waals surface area (Å²) < 4.78 is 11.0. The van der Waals surface area contributed by atoms with Gasteiger partial charge in [-0.05, 0) is 87.0 Å². The molecule has 2 saturated heterocycles. The summed E-state index contributed by atoms with van der Waals surface area (Å²) in [6.07, 6.45) is 12.6. The minimum atomic E-state index is -1.42. The fourth-order valence-electron chi connectivity index (χ4n) is 10.0. The topological polar surface area (TPSA) is 218 Å². The molecule has 0 aromatic heterocycles. The van der Waals surface area contributed by atoms with Crippen LogP contribution in [0.5, 0.6) is 0 Å². The Morgan fingerprint density at radius 3 is 2.14 bits per heavy atom. The number of aliphatic hydroxyl groups is 6. The summed E-state index contributed by atoms with van der Waals surface area (Å²) in [6.45, 7) is 10.8. The smallest absolute Gasteiger partial charge is 0.220 e. The van der Waals surface area contributed by atoms with Crippen LogP contribution in [0.25, 0.3) is 0 Å². The predicted molar refractivity (Wildman–Crippen MR) is 247 cm³/mol. The second-order valence-corrected chi connectivity index (χ2v) is 18.2. The fraction of sp³-hybridized carbons (Fsp3) is 0.600. The molecule has 64 heavy (non-hydrogen) atoms. The maximum Gasteiger partial charge on any atom is 0.220 e. The SMILES string of the molecule is CCC1=C(C)C2=NC1=CC1=C(C)C3=C(O)CC(=C4NC(=CC5=NC(=C2)C(CO)=C5C)[C@@H](C)[C@@H]4CCC(=O)NCCCCCCCCCCCCO[C@@H]2O[C@H](CO)[C@H](O)[C@H](O)[C@H]2O)C3=N1. The minimum absolute atomic E-state index is 0.0115. The molecule has 14 nitrogen and oxygen atoms in total. The van der Waals surface area contributed by atoms with Gasteiger partial charge in [0.2, 0.25) is 5.91 Å². The summed E-state index contributed by atoms with van der Waals surface area (Å²) in [4.78, 5) is 28.5. The van der Waals surface area contributed by atoms with Crippen molar-refractivity contribution in [2.45, 2.75) is 155 Å². The number of nitrogens with one attached hydrogen (secondary N) is 2. The normalized spacial score (nSPS) is 27.6. The number of hydrogen-bond acceptors (Lipinski definition) is 13. The molecule has 7 rings (SSSR count). The molecule has 0 aromatic rings. The molecule has 7 atom stereocenters. The van der Waals surface area contributed by atoms with Crippen LogP contribution in [0.15, 0.2) is 106 Å². The van der Waals surface area contributed by atoms with E-state index in [4.69, 9.17) is 24.5 Å². The van der Waals surface area contributed by atoms with Crippen molar-refractivity contribution in [3.8, 4) is 0 Å². The number of allylic oxidation sites excluding steroid dienone is 11. The van der Waals surface area contributed by atoms with Crippen molar-refractivity contribution in [1.82, 2.24) is 10.6 Å². The number of aliphatic imine (C=N–C) groups is 3. The third kappa shape index (κ3) is 10.1. The Hall–Kier alpha value is -4.28. The first kappa shape index (κ1) is 47.7. The minimum Gasteiger partial charge on any atom is -0.511 e. The molecule has 6 aliphatic heterocycles. The molecule has 8 N–H and O–H groups in total. The van der Waals surface area contributed by atoms with Crippen molar-refractivity contribution in [3.63, 3.8) is 0 Å². The van der Waals surface area contributed by atoms with Gasteiger partial charge in [-0.1, -0.05) is 65.2 Å². The van der Waals surface area contributed by atoms with Gasteiger partial charge in [-0.3, -0.25) is 4.79 Å². The number of hydrogen-bond donors (Lipinski definition) is 8. The van der Waals surface area contributed by atoms with Gasteiger partial charge in [0.15, 0.2) is 6.29 Å². The van der Waals surface area contributed by atoms with E-state index in [9.17, 15) is 35.4 Å². The summed E-state index contributed by atoms with van der Waals surface area (Å²) >= 11 is 0. The number of carbonyl (C=O) groups is 1. The maximum absolute atomic E-state index is 13.3. The average molecular weight is 884 g/mol. The zero-order chi connectivity index (χ0) is 45.7. The Balaban J connectivity index is 0.888. The highest BCUT2D eigenvalue weighted by molar-refractivity contribution is 6.21. The summed E-state index contributed by atoms with van der Waals surface area (Å²) in [5, 5.41) is 68.1. The highest BCUT2D eigenvalue weighted by atomic mass is 16.7. The lowest BCUT2D eigenvalue weighted by Crippen LogP contribution is -2.59. The van der Waals surface area contributed by atoms with Crippen LogP contribution in [0.1, 0.15) is 125 Å². The monoisotopic (exact) mass is 884 g/mol. The van der Waals surface area contributed by atoms with Crippen LogP contribution in [-0.2, 0) is 14.3 Å². The number of carbonyl (C=O) groups excluding carboxylic acids is 1. The molecule has 1 aliphatic carbocycles. The quantitative estimate of drug-likeness (QED) is 0.0642. The van der Waals surface area contributed by atoms with Gasteiger partial charge in [0.05, 0.1) is 47.4 Å². The van der Waals surface area contributed by atoms with E-state index in [1.807, 2.05) is 26.0 Å². The third-order valence-electron chi connectivity index (χ3n) is 14.0. The van der Waals surface area contributed by atoms with E-state index in [1.54, 1.807) is 0 Å². The molecule has 8 bridgehead atoms. The van der Waals surface area contributed by atoms with Crippen molar-refractivity contribution < 1.29 is 44.9 Å². The van der Waals surface area contributed by atoms with Gasteiger partial charge >= 0.3 is 0 Å². The lowest BCUT2D eigenvalue weighted by Gasteiger charge is -2.39. The molecule has 1 amide bonds. The van der Waals surface area contributed by atoms with Crippen molar-refractivity contribution in [1.29, 1.82) is 0 Å². The first-order chi connectivity index (χ1) is 30.9. The molecular formula is C50H69N5O9. The molecule has 2 fully saturated rings. The molecular weight excluding hydrogens is 815 g/mol. The zero-order valence-corrected chi connectivity index (χ0v) is 38.3. The summed E-state index contributed by atoms with van der Waals surface area (Å²) in [7, 11) is 0. The maximum atomic E-state index is 13.3. The van der Waals surface area contributed by atoms with Gasteiger partial charge in [0, 0.05) is 65.9 Å². The van der Waals surface area contributed by atoms with Crippen LogP contribution in [0.3, 0.4) is 0 Å². The highest BCUT2D eigenvalue weighted by Crippen LogP contribution is 2.46. The second kappa shape index (κ2) is 21.4.